The number of fused-ring (bicyclic) bond motifs is 1. The molecule has 0 saturated carbocycles. The summed E-state index contributed by atoms with van der Waals surface area (Å²) < 4.78 is 45.9. The topological polar surface area (TPSA) is 78.4 Å². The molecule has 31 heavy (non-hydrogen) atoms. The number of alkyl halides is 3. The van der Waals surface area contributed by atoms with Crippen molar-refractivity contribution in [3.63, 3.8) is 0 Å². The SMILES string of the molecule is O=C(NC1(CO)CCOCC1)c1[nH]c(-c2ccc(C(F)(F)F)cc2Cl)c2cccc[n+]12. The van der Waals surface area contributed by atoms with Gasteiger partial charge in [0.25, 0.3) is 0 Å². The molecule has 0 spiro atoms. The number of aromatic nitrogens is 2. The van der Waals surface area contributed by atoms with Gasteiger partial charge in [-0.3, -0.25) is 4.79 Å². The number of amides is 1. The molecule has 3 N–H and O–H groups in total. The molecule has 0 unspecified atom stereocenters. The number of aromatic amines is 1. The number of ether oxygens (including phenoxy) is 1. The van der Waals surface area contributed by atoms with Crippen LogP contribution >= 0.6 is 11.6 Å². The van der Waals surface area contributed by atoms with E-state index in [4.69, 9.17) is 16.3 Å². The van der Waals surface area contributed by atoms with Gasteiger partial charge in [-0.15, -0.1) is 0 Å². The Morgan fingerprint density at radius 2 is 2.00 bits per heavy atom. The van der Waals surface area contributed by atoms with Crippen molar-refractivity contribution in [3.8, 4) is 11.3 Å². The molecule has 3 aromatic rings. The summed E-state index contributed by atoms with van der Waals surface area (Å²) >= 11 is 6.18. The maximum absolute atomic E-state index is 13.1. The van der Waals surface area contributed by atoms with Crippen molar-refractivity contribution in [3.05, 3.63) is 59.0 Å². The first-order valence-corrected chi connectivity index (χ1v) is 10.0. The first-order valence-electron chi connectivity index (χ1n) is 9.65. The number of imidazole rings is 1. The highest BCUT2D eigenvalue weighted by Gasteiger charge is 2.37. The van der Waals surface area contributed by atoms with E-state index >= 15 is 0 Å². The average Bonchev–Trinajstić information content (AvgIpc) is 3.13. The average molecular weight is 455 g/mol. The van der Waals surface area contributed by atoms with Gasteiger partial charge in [-0.2, -0.15) is 17.6 Å². The number of H-pyrrole nitrogens is 1. The smallest absolute Gasteiger partial charge is 0.394 e. The molecule has 1 aliphatic heterocycles. The fraction of sp³-hybridized carbons (Fsp3) is 0.333. The number of hydrogen-bond acceptors (Lipinski definition) is 3. The van der Waals surface area contributed by atoms with Crippen LogP contribution in [-0.2, 0) is 10.9 Å². The fourth-order valence-corrected chi connectivity index (χ4v) is 4.01. The van der Waals surface area contributed by atoms with Crippen LogP contribution in [-0.4, -0.2) is 41.4 Å². The molecule has 0 radical (unpaired) electrons. The molecule has 1 fully saturated rings. The molecule has 0 aliphatic carbocycles. The van der Waals surface area contributed by atoms with E-state index in [0.717, 1.165) is 12.1 Å². The maximum Gasteiger partial charge on any atom is 0.416 e. The number of aliphatic hydroxyl groups is 1. The summed E-state index contributed by atoms with van der Waals surface area (Å²) in [4.78, 5) is 16.1. The maximum atomic E-state index is 13.1. The van der Waals surface area contributed by atoms with E-state index in [1.54, 1.807) is 28.8 Å². The van der Waals surface area contributed by atoms with E-state index in [0.29, 0.717) is 42.8 Å². The minimum atomic E-state index is -4.51. The van der Waals surface area contributed by atoms with Crippen LogP contribution < -0.4 is 9.72 Å². The third kappa shape index (κ3) is 4.13. The van der Waals surface area contributed by atoms with Gasteiger partial charge in [-0.1, -0.05) is 17.7 Å². The van der Waals surface area contributed by atoms with Gasteiger partial charge < -0.3 is 15.2 Å². The van der Waals surface area contributed by atoms with Gasteiger partial charge in [0.2, 0.25) is 0 Å². The van der Waals surface area contributed by atoms with Gasteiger partial charge in [-0.05, 0) is 43.2 Å². The third-order valence-electron chi connectivity index (χ3n) is 5.51. The van der Waals surface area contributed by atoms with Crippen molar-refractivity contribution < 1.29 is 32.2 Å². The highest BCUT2D eigenvalue weighted by atomic mass is 35.5. The second-order valence-electron chi connectivity index (χ2n) is 7.50. The summed E-state index contributed by atoms with van der Waals surface area (Å²) in [6, 6.07) is 8.29. The molecular weight excluding hydrogens is 435 g/mol. The fourth-order valence-electron chi connectivity index (χ4n) is 3.73. The van der Waals surface area contributed by atoms with Crippen molar-refractivity contribution in [2.24, 2.45) is 0 Å². The number of rotatable bonds is 4. The second-order valence-corrected chi connectivity index (χ2v) is 7.91. The quantitative estimate of drug-likeness (QED) is 0.529. The van der Waals surface area contributed by atoms with Crippen LogP contribution in [0.2, 0.25) is 5.02 Å². The molecule has 2 aromatic heterocycles. The van der Waals surface area contributed by atoms with Gasteiger partial charge in [0.1, 0.15) is 0 Å². The van der Waals surface area contributed by atoms with Crippen molar-refractivity contribution in [2.45, 2.75) is 24.6 Å². The Kier molecular flexibility index (Phi) is 5.67. The summed E-state index contributed by atoms with van der Waals surface area (Å²) in [5, 5.41) is 12.7. The van der Waals surface area contributed by atoms with Crippen LogP contribution in [0, 0.1) is 0 Å². The van der Waals surface area contributed by atoms with Crippen molar-refractivity contribution in [2.75, 3.05) is 19.8 Å². The van der Waals surface area contributed by atoms with Crippen LogP contribution in [0.15, 0.2) is 42.6 Å². The number of carbonyl (C=O) groups is 1. The number of hydrogen-bond donors (Lipinski definition) is 3. The Morgan fingerprint density at radius 3 is 2.65 bits per heavy atom. The number of nitrogens with one attached hydrogen (secondary N) is 2. The zero-order chi connectivity index (χ0) is 22.2. The van der Waals surface area contributed by atoms with Gasteiger partial charge in [0.15, 0.2) is 11.2 Å². The van der Waals surface area contributed by atoms with Crippen LogP contribution in [0.3, 0.4) is 0 Å². The molecule has 1 saturated heterocycles. The number of nitrogens with zero attached hydrogens (tertiary/aromatic N) is 1. The number of halogens is 4. The molecule has 1 aliphatic rings. The van der Waals surface area contributed by atoms with Crippen LogP contribution in [0.1, 0.15) is 29.0 Å². The van der Waals surface area contributed by atoms with E-state index in [-0.39, 0.29) is 17.5 Å². The Morgan fingerprint density at radius 1 is 1.26 bits per heavy atom. The molecule has 3 heterocycles. The molecule has 4 rings (SSSR count). The van der Waals surface area contributed by atoms with Crippen molar-refractivity contribution in [1.29, 1.82) is 0 Å². The minimum absolute atomic E-state index is 0.0920. The van der Waals surface area contributed by atoms with E-state index in [1.807, 2.05) is 0 Å². The third-order valence-corrected chi connectivity index (χ3v) is 5.83. The summed E-state index contributed by atoms with van der Waals surface area (Å²) in [5.74, 6) is -0.285. The van der Waals surface area contributed by atoms with E-state index in [1.165, 1.54) is 6.07 Å². The lowest BCUT2D eigenvalue weighted by Crippen LogP contribution is -2.55. The summed E-state index contributed by atoms with van der Waals surface area (Å²) in [5.41, 5.74) is -0.338. The Balaban J connectivity index is 1.76. The predicted molar refractivity (Wildman–Crippen MR) is 107 cm³/mol. The normalized spacial score (nSPS) is 16.4. The highest BCUT2D eigenvalue weighted by Crippen LogP contribution is 2.36. The van der Waals surface area contributed by atoms with Crippen molar-refractivity contribution >= 4 is 23.0 Å². The lowest BCUT2D eigenvalue weighted by atomic mass is 9.91. The molecule has 164 valence electrons. The molecule has 0 bridgehead atoms. The van der Waals surface area contributed by atoms with Crippen molar-refractivity contribution in [1.82, 2.24) is 10.3 Å². The molecule has 10 heteroatoms. The van der Waals surface area contributed by atoms with Gasteiger partial charge in [0, 0.05) is 18.8 Å². The van der Waals surface area contributed by atoms with E-state index < -0.39 is 23.2 Å². The molecular formula is C21H20ClF3N3O3+. The lowest BCUT2D eigenvalue weighted by molar-refractivity contribution is -0.514. The lowest BCUT2D eigenvalue weighted by Gasteiger charge is -2.35. The monoisotopic (exact) mass is 454 g/mol. The summed E-state index contributed by atoms with van der Waals surface area (Å²) in [6.07, 6.45) is -1.91. The molecule has 0 atom stereocenters. The zero-order valence-corrected chi connectivity index (χ0v) is 17.1. The van der Waals surface area contributed by atoms with E-state index in [9.17, 15) is 23.1 Å². The summed E-state index contributed by atoms with van der Waals surface area (Å²) in [6.45, 7) is 0.612. The molecule has 6 nitrogen and oxygen atoms in total. The standard InChI is InChI=1S/C21H19ClF3N3O3/c22-15-11-13(21(23,24)25)4-5-14(15)17-16-3-1-2-8-28(16)18(26-17)19(30)27-20(12-29)6-9-31-10-7-20/h1-5,8,11,29H,6-7,9-10,12H2,(H,27,30)/p+1. The number of pyridine rings is 1. The summed E-state index contributed by atoms with van der Waals surface area (Å²) in [7, 11) is 0. The van der Waals surface area contributed by atoms with E-state index in [2.05, 4.69) is 10.3 Å². The highest BCUT2D eigenvalue weighted by molar-refractivity contribution is 6.33. The predicted octanol–water partition coefficient (Wildman–Crippen LogP) is 3.36. The molecule has 1 aromatic carbocycles. The Hall–Kier alpha value is -2.62. The molecule has 1 amide bonds. The first-order chi connectivity index (χ1) is 14.7. The Bertz CT molecular complexity index is 1120. The first kappa shape index (κ1) is 21.6. The van der Waals surface area contributed by atoms with Crippen LogP contribution in [0.5, 0.6) is 0 Å². The van der Waals surface area contributed by atoms with Gasteiger partial charge >= 0.3 is 17.9 Å². The zero-order valence-electron chi connectivity index (χ0n) is 16.3. The van der Waals surface area contributed by atoms with Crippen LogP contribution in [0.25, 0.3) is 16.8 Å². The largest absolute Gasteiger partial charge is 0.416 e. The van der Waals surface area contributed by atoms with Gasteiger partial charge in [0.05, 0.1) is 28.9 Å². The number of aliphatic hydroxyl groups excluding tert-OH is 1. The van der Waals surface area contributed by atoms with Crippen LogP contribution in [0.4, 0.5) is 13.2 Å². The van der Waals surface area contributed by atoms with Gasteiger partial charge in [-0.25, -0.2) is 4.98 Å². The Labute approximate surface area is 180 Å². The second kappa shape index (κ2) is 8.14. The number of carbonyl (C=O) groups excluding carboxylic acids is 1. The minimum Gasteiger partial charge on any atom is -0.394 e. The number of benzene rings is 1.